The Hall–Kier alpha value is -1.79. The minimum Gasteiger partial charge on any atom is -0.434 e. The van der Waals surface area contributed by atoms with Gasteiger partial charge in [-0.25, -0.2) is 4.98 Å². The number of halogens is 3. The summed E-state index contributed by atoms with van der Waals surface area (Å²) in [5, 5.41) is 0.854. The van der Waals surface area contributed by atoms with Gasteiger partial charge in [0.2, 0.25) is 0 Å². The lowest BCUT2D eigenvalue weighted by molar-refractivity contribution is -0.0508. The first kappa shape index (κ1) is 14.5. The topological polar surface area (TPSA) is 27.1 Å². The Balaban J connectivity index is 1.75. The highest BCUT2D eigenvalue weighted by molar-refractivity contribution is 7.99. The van der Waals surface area contributed by atoms with E-state index in [9.17, 15) is 8.78 Å². The number of rotatable bonds is 2. The molecule has 0 saturated carbocycles. The molecule has 0 aliphatic carbocycles. The summed E-state index contributed by atoms with van der Waals surface area (Å²) in [5.41, 5.74) is 2.63. The second-order valence-electron chi connectivity index (χ2n) is 5.88. The van der Waals surface area contributed by atoms with Crippen molar-refractivity contribution < 1.29 is 13.5 Å². The van der Waals surface area contributed by atoms with Crippen LogP contribution in [0.5, 0.6) is 5.75 Å². The smallest absolute Gasteiger partial charge is 0.387 e. The summed E-state index contributed by atoms with van der Waals surface area (Å²) in [7, 11) is 0. The van der Waals surface area contributed by atoms with Gasteiger partial charge in [-0.15, -0.1) is 11.8 Å². The van der Waals surface area contributed by atoms with Crippen LogP contribution in [0.25, 0.3) is 11.0 Å². The van der Waals surface area contributed by atoms with Crippen molar-refractivity contribution in [2.45, 2.75) is 29.2 Å². The Labute approximate surface area is 145 Å². The predicted molar refractivity (Wildman–Crippen MR) is 89.2 cm³/mol. The molecular formula is C17H11ClF2N2OS. The first-order valence-corrected chi connectivity index (χ1v) is 8.79. The standard InChI is InChI=1S/C17H11ClF2N2OS/c18-8-4-5-9-10(6-8)22-11-7-14(16(22)21-9)24-13-3-1-2-12(15(11)13)23-17(19)20/h1-6,11,14,17H,7H2/t11-,14-/m1/s1. The summed E-state index contributed by atoms with van der Waals surface area (Å²) in [6.45, 7) is -2.84. The maximum atomic E-state index is 12.8. The van der Waals surface area contributed by atoms with Crippen molar-refractivity contribution >= 4 is 34.4 Å². The van der Waals surface area contributed by atoms with Crippen LogP contribution < -0.4 is 4.74 Å². The maximum Gasteiger partial charge on any atom is 0.387 e. The van der Waals surface area contributed by atoms with E-state index in [1.54, 1.807) is 23.9 Å². The van der Waals surface area contributed by atoms with Crippen LogP contribution in [0.3, 0.4) is 0 Å². The molecule has 0 radical (unpaired) electrons. The number of benzene rings is 2. The minimum absolute atomic E-state index is 0.0559. The summed E-state index contributed by atoms with van der Waals surface area (Å²) in [5.74, 6) is 1.22. The van der Waals surface area contributed by atoms with Gasteiger partial charge in [0.15, 0.2) is 0 Å². The van der Waals surface area contributed by atoms with Crippen molar-refractivity contribution in [3.63, 3.8) is 0 Å². The second-order valence-corrected chi connectivity index (χ2v) is 7.56. The third kappa shape index (κ3) is 1.99. The van der Waals surface area contributed by atoms with Crippen LogP contribution in [0.1, 0.15) is 29.1 Å². The third-order valence-electron chi connectivity index (χ3n) is 4.56. The van der Waals surface area contributed by atoms with E-state index in [4.69, 9.17) is 21.3 Å². The number of ether oxygens (including phenoxy) is 1. The van der Waals surface area contributed by atoms with Crippen LogP contribution in [0.15, 0.2) is 41.3 Å². The Kier molecular flexibility index (Phi) is 3.09. The van der Waals surface area contributed by atoms with Crippen LogP contribution >= 0.6 is 23.4 Å². The highest BCUT2D eigenvalue weighted by Gasteiger charge is 2.42. The highest BCUT2D eigenvalue weighted by atomic mass is 35.5. The van der Waals surface area contributed by atoms with Gasteiger partial charge in [-0.3, -0.25) is 0 Å². The van der Waals surface area contributed by atoms with E-state index in [-0.39, 0.29) is 17.0 Å². The summed E-state index contributed by atoms with van der Waals surface area (Å²) in [6, 6.07) is 10.9. The monoisotopic (exact) mass is 364 g/mol. The first-order chi connectivity index (χ1) is 11.6. The molecular weight excluding hydrogens is 354 g/mol. The van der Waals surface area contributed by atoms with Crippen LogP contribution in [0, 0.1) is 0 Å². The van der Waals surface area contributed by atoms with Gasteiger partial charge in [0.05, 0.1) is 22.3 Å². The van der Waals surface area contributed by atoms with Gasteiger partial charge >= 0.3 is 6.61 Å². The number of hydrogen-bond donors (Lipinski definition) is 0. The number of aromatic nitrogens is 2. The van der Waals surface area contributed by atoms with Gasteiger partial charge in [0.25, 0.3) is 0 Å². The van der Waals surface area contributed by atoms with E-state index in [1.807, 2.05) is 24.3 Å². The summed E-state index contributed by atoms with van der Waals surface area (Å²) in [6.07, 6.45) is 0.825. The average Bonchev–Trinajstić information content (AvgIpc) is 3.03. The van der Waals surface area contributed by atoms with Gasteiger partial charge in [0.1, 0.15) is 11.6 Å². The molecule has 2 aromatic carbocycles. The fourth-order valence-corrected chi connectivity index (χ4v) is 5.25. The number of fused-ring (bicyclic) bond motifs is 9. The fraction of sp³-hybridized carbons (Fsp3) is 0.235. The van der Waals surface area contributed by atoms with Crippen molar-refractivity contribution in [3.05, 3.63) is 52.8 Å². The van der Waals surface area contributed by atoms with Crippen molar-refractivity contribution in [1.29, 1.82) is 0 Å². The van der Waals surface area contributed by atoms with E-state index in [0.29, 0.717) is 5.02 Å². The Morgan fingerprint density at radius 3 is 3.00 bits per heavy atom. The SMILES string of the molecule is FC(F)Oc1cccc2c1[C@H]1C[C@@H](S2)c2nc3ccc(Cl)cc3n21. The molecule has 1 aromatic heterocycles. The van der Waals surface area contributed by atoms with E-state index in [0.717, 1.165) is 33.7 Å². The number of hydrogen-bond acceptors (Lipinski definition) is 3. The third-order valence-corrected chi connectivity index (χ3v) is 6.09. The van der Waals surface area contributed by atoms with Crippen LogP contribution in [0.4, 0.5) is 8.78 Å². The van der Waals surface area contributed by atoms with Crippen molar-refractivity contribution in [3.8, 4) is 5.75 Å². The van der Waals surface area contributed by atoms with E-state index in [2.05, 4.69) is 4.57 Å². The zero-order chi connectivity index (χ0) is 16.4. The largest absolute Gasteiger partial charge is 0.434 e. The maximum absolute atomic E-state index is 12.8. The molecule has 2 aliphatic heterocycles. The van der Waals surface area contributed by atoms with E-state index < -0.39 is 6.61 Å². The number of thioether (sulfide) groups is 1. The van der Waals surface area contributed by atoms with Crippen molar-refractivity contribution in [2.24, 2.45) is 0 Å². The number of alkyl halides is 2. The molecule has 24 heavy (non-hydrogen) atoms. The molecule has 0 saturated heterocycles. The quantitative estimate of drug-likeness (QED) is 0.606. The van der Waals surface area contributed by atoms with Gasteiger partial charge in [-0.2, -0.15) is 8.78 Å². The van der Waals surface area contributed by atoms with Gasteiger partial charge < -0.3 is 9.30 Å². The average molecular weight is 365 g/mol. The fourth-order valence-electron chi connectivity index (χ4n) is 3.71. The highest BCUT2D eigenvalue weighted by Crippen LogP contribution is 2.58. The first-order valence-electron chi connectivity index (χ1n) is 7.53. The number of imidazole rings is 1. The van der Waals surface area contributed by atoms with Crippen LogP contribution in [-0.2, 0) is 0 Å². The molecule has 7 heteroatoms. The molecule has 2 atom stereocenters. The van der Waals surface area contributed by atoms with Crippen molar-refractivity contribution in [1.82, 2.24) is 9.55 Å². The lowest BCUT2D eigenvalue weighted by Gasteiger charge is -2.25. The van der Waals surface area contributed by atoms with Gasteiger partial charge in [-0.05, 0) is 36.8 Å². The molecule has 2 bridgehead atoms. The van der Waals surface area contributed by atoms with E-state index in [1.165, 1.54) is 0 Å². The molecule has 0 amide bonds. The normalized spacial score (nSPS) is 21.2. The Bertz CT molecular complexity index is 975. The Morgan fingerprint density at radius 1 is 1.29 bits per heavy atom. The lowest BCUT2D eigenvalue weighted by Crippen LogP contribution is -2.13. The van der Waals surface area contributed by atoms with Gasteiger partial charge in [-0.1, -0.05) is 17.7 Å². The van der Waals surface area contributed by atoms with E-state index >= 15 is 0 Å². The molecule has 3 aromatic rings. The minimum atomic E-state index is -2.84. The summed E-state index contributed by atoms with van der Waals surface area (Å²) in [4.78, 5) is 5.73. The zero-order valence-corrected chi connectivity index (χ0v) is 13.8. The molecule has 3 nitrogen and oxygen atoms in total. The number of nitrogens with zero attached hydrogens (tertiary/aromatic N) is 2. The predicted octanol–water partition coefficient (Wildman–Crippen LogP) is 5.43. The molecule has 0 unspecified atom stereocenters. The molecule has 5 rings (SSSR count). The molecule has 0 fully saturated rings. The van der Waals surface area contributed by atoms with Crippen molar-refractivity contribution in [2.75, 3.05) is 0 Å². The summed E-state index contributed by atoms with van der Waals surface area (Å²) >= 11 is 7.81. The molecule has 3 heterocycles. The summed E-state index contributed by atoms with van der Waals surface area (Å²) < 4.78 is 32.5. The zero-order valence-electron chi connectivity index (χ0n) is 12.2. The second kappa shape index (κ2) is 5.10. The van der Waals surface area contributed by atoms with Crippen LogP contribution in [0.2, 0.25) is 5.02 Å². The van der Waals surface area contributed by atoms with Crippen LogP contribution in [-0.4, -0.2) is 16.2 Å². The molecule has 0 spiro atoms. The molecule has 0 N–H and O–H groups in total. The Morgan fingerprint density at radius 2 is 2.17 bits per heavy atom. The molecule has 122 valence electrons. The molecule has 2 aliphatic rings. The van der Waals surface area contributed by atoms with Gasteiger partial charge in [0, 0.05) is 15.5 Å². The lowest BCUT2D eigenvalue weighted by atomic mass is 10.0.